The fourth-order valence-corrected chi connectivity index (χ4v) is 2.89. The molecule has 1 unspecified atom stereocenters. The van der Waals surface area contributed by atoms with Crippen molar-refractivity contribution in [2.45, 2.75) is 77.5 Å². The Morgan fingerprint density at radius 1 is 1.04 bits per heavy atom. The third kappa shape index (κ3) is 5.14. The average Bonchev–Trinajstić information content (AvgIpc) is 2.78. The number of carbonyl (C=O) groups is 2. The van der Waals surface area contributed by atoms with Gasteiger partial charge >= 0.3 is 19.1 Å². The largest absolute Gasteiger partial charge is 0.469 e. The molecule has 1 aliphatic heterocycles. The Morgan fingerprint density at radius 3 is 1.96 bits per heavy atom. The molecule has 7 heteroatoms. The van der Waals surface area contributed by atoms with Crippen molar-refractivity contribution in [1.82, 2.24) is 0 Å². The molecule has 0 amide bonds. The number of benzene rings is 1. The number of esters is 2. The van der Waals surface area contributed by atoms with Crippen LogP contribution in [0.1, 0.15) is 76.6 Å². The van der Waals surface area contributed by atoms with Gasteiger partial charge in [-0.15, -0.1) is 0 Å². The van der Waals surface area contributed by atoms with Crippen molar-refractivity contribution in [3.8, 4) is 0 Å². The molecule has 1 atom stereocenters. The molecule has 1 heterocycles. The molecule has 0 saturated carbocycles. The Bertz CT molecular complexity index is 701. The molecule has 0 aliphatic carbocycles. The predicted molar refractivity (Wildman–Crippen MR) is 107 cm³/mol. The van der Waals surface area contributed by atoms with Crippen molar-refractivity contribution in [1.29, 1.82) is 0 Å². The first-order chi connectivity index (χ1) is 12.8. The molecular formula is C21H31BO6. The lowest BCUT2D eigenvalue weighted by atomic mass is 9.66. The normalized spacial score (nSPS) is 19.2. The van der Waals surface area contributed by atoms with Gasteiger partial charge in [0, 0.05) is 5.82 Å². The summed E-state index contributed by atoms with van der Waals surface area (Å²) in [7, 11) is 0.756. The molecule has 1 aromatic carbocycles. The molecule has 1 aromatic rings. The van der Waals surface area contributed by atoms with Crippen molar-refractivity contribution in [2.75, 3.05) is 7.11 Å². The van der Waals surface area contributed by atoms with Crippen molar-refractivity contribution in [2.24, 2.45) is 0 Å². The molecule has 0 aromatic heterocycles. The second-order valence-electron chi connectivity index (χ2n) is 9.14. The maximum Gasteiger partial charge on any atom is 0.466 e. The van der Waals surface area contributed by atoms with Gasteiger partial charge in [-0.05, 0) is 66.2 Å². The molecule has 6 nitrogen and oxygen atoms in total. The van der Waals surface area contributed by atoms with Crippen LogP contribution in [0.5, 0.6) is 0 Å². The molecular weight excluding hydrogens is 359 g/mol. The minimum Gasteiger partial charge on any atom is -0.469 e. The summed E-state index contributed by atoms with van der Waals surface area (Å²) < 4.78 is 22.6. The number of carbonyl (C=O) groups excluding carboxylic acids is 2. The minimum absolute atomic E-state index is 0.110. The van der Waals surface area contributed by atoms with Crippen LogP contribution >= 0.6 is 0 Å². The summed E-state index contributed by atoms with van der Waals surface area (Å²) in [6, 6.07) is 6.99. The number of ether oxygens (including phenoxy) is 2. The first kappa shape index (κ1) is 22.4. The van der Waals surface area contributed by atoms with E-state index in [1.807, 2.05) is 48.5 Å². The van der Waals surface area contributed by atoms with E-state index >= 15 is 0 Å². The Hall–Kier alpha value is -1.86. The van der Waals surface area contributed by atoms with E-state index in [9.17, 15) is 9.59 Å². The minimum atomic E-state index is -0.600. The zero-order valence-corrected chi connectivity index (χ0v) is 18.1. The van der Waals surface area contributed by atoms with Crippen LogP contribution in [0.15, 0.2) is 24.3 Å². The molecule has 0 spiro atoms. The highest BCUT2D eigenvalue weighted by atomic mass is 16.7. The van der Waals surface area contributed by atoms with Crippen LogP contribution in [0.3, 0.4) is 0 Å². The highest BCUT2D eigenvalue weighted by Gasteiger charge is 2.54. The van der Waals surface area contributed by atoms with Gasteiger partial charge in [-0.25, -0.2) is 4.79 Å². The van der Waals surface area contributed by atoms with Crippen molar-refractivity contribution < 1.29 is 28.4 Å². The molecule has 1 fully saturated rings. The van der Waals surface area contributed by atoms with E-state index in [1.54, 1.807) is 24.3 Å². The first-order valence-corrected chi connectivity index (χ1v) is 9.51. The Morgan fingerprint density at radius 2 is 1.54 bits per heavy atom. The second-order valence-corrected chi connectivity index (χ2v) is 9.14. The van der Waals surface area contributed by atoms with Gasteiger partial charge in [0.25, 0.3) is 0 Å². The van der Waals surface area contributed by atoms with Gasteiger partial charge in [-0.1, -0.05) is 12.1 Å². The number of rotatable bonds is 5. The highest BCUT2D eigenvalue weighted by Crippen LogP contribution is 2.41. The van der Waals surface area contributed by atoms with Gasteiger partial charge in [0.05, 0.1) is 30.3 Å². The van der Waals surface area contributed by atoms with Crippen LogP contribution in [0, 0.1) is 0 Å². The van der Waals surface area contributed by atoms with Crippen molar-refractivity contribution in [3.63, 3.8) is 0 Å². The van der Waals surface area contributed by atoms with Gasteiger partial charge in [-0.3, -0.25) is 4.79 Å². The van der Waals surface area contributed by atoms with Gasteiger partial charge in [0.1, 0.15) is 5.60 Å². The maximum absolute atomic E-state index is 12.2. The summed E-state index contributed by atoms with van der Waals surface area (Å²) in [6.07, 6.45) is 0.110. The molecule has 1 aliphatic rings. The fourth-order valence-electron chi connectivity index (χ4n) is 2.89. The van der Waals surface area contributed by atoms with E-state index in [1.165, 1.54) is 7.11 Å². The summed E-state index contributed by atoms with van der Waals surface area (Å²) in [6.45, 7) is 13.3. The van der Waals surface area contributed by atoms with Crippen molar-refractivity contribution in [3.05, 3.63) is 35.4 Å². The number of hydrogen-bond donors (Lipinski definition) is 0. The topological polar surface area (TPSA) is 71.1 Å². The van der Waals surface area contributed by atoms with Crippen LogP contribution in [0.4, 0.5) is 0 Å². The van der Waals surface area contributed by atoms with Crippen LogP contribution in [0.25, 0.3) is 0 Å². The summed E-state index contributed by atoms with van der Waals surface area (Å²) in [4.78, 5) is 24.2. The lowest BCUT2D eigenvalue weighted by Crippen LogP contribution is -2.41. The van der Waals surface area contributed by atoms with E-state index < -0.39 is 23.9 Å². The quantitative estimate of drug-likeness (QED) is 0.561. The number of hydrogen-bond acceptors (Lipinski definition) is 6. The van der Waals surface area contributed by atoms with E-state index in [0.29, 0.717) is 5.56 Å². The molecule has 154 valence electrons. The monoisotopic (exact) mass is 390 g/mol. The maximum atomic E-state index is 12.2. The zero-order valence-electron chi connectivity index (χ0n) is 18.1. The van der Waals surface area contributed by atoms with Crippen LogP contribution in [-0.4, -0.2) is 43.0 Å². The van der Waals surface area contributed by atoms with Gasteiger partial charge in [-0.2, -0.15) is 0 Å². The Labute approximate surface area is 168 Å². The zero-order chi connectivity index (χ0) is 21.3. The second kappa shape index (κ2) is 7.87. The molecule has 2 rings (SSSR count). The summed E-state index contributed by atoms with van der Waals surface area (Å²) in [5.74, 6) is -1.10. The highest BCUT2D eigenvalue weighted by molar-refractivity contribution is 6.48. The van der Waals surface area contributed by atoms with Gasteiger partial charge in [0.15, 0.2) is 0 Å². The van der Waals surface area contributed by atoms with Crippen LogP contribution in [0.2, 0.25) is 0 Å². The third-order valence-corrected chi connectivity index (χ3v) is 5.19. The van der Waals surface area contributed by atoms with E-state index in [4.69, 9.17) is 18.8 Å². The molecule has 1 saturated heterocycles. The average molecular weight is 390 g/mol. The number of methoxy groups -OCH3 is 1. The smallest absolute Gasteiger partial charge is 0.466 e. The standard InChI is InChI=1S/C21H31BO6/c1-19(2,3)26-18(24)15-11-9-14(10-12-15)16(13-17(23)25-8)22-27-20(4,5)21(6,7)28-22/h9-12,16H,13H2,1-8H3. The van der Waals surface area contributed by atoms with E-state index in [-0.39, 0.29) is 24.2 Å². The Balaban J connectivity index is 2.27. The molecule has 0 radical (unpaired) electrons. The lowest BCUT2D eigenvalue weighted by Gasteiger charge is -2.32. The molecule has 0 N–H and O–H groups in total. The lowest BCUT2D eigenvalue weighted by molar-refractivity contribution is -0.140. The van der Waals surface area contributed by atoms with Crippen LogP contribution < -0.4 is 0 Å². The van der Waals surface area contributed by atoms with E-state index in [0.717, 1.165) is 5.56 Å². The Kier molecular flexibility index (Phi) is 6.31. The van der Waals surface area contributed by atoms with Crippen molar-refractivity contribution >= 4 is 19.1 Å². The first-order valence-electron chi connectivity index (χ1n) is 9.51. The predicted octanol–water partition coefficient (Wildman–Crippen LogP) is 3.92. The van der Waals surface area contributed by atoms with Crippen LogP contribution in [-0.2, 0) is 23.6 Å². The van der Waals surface area contributed by atoms with Gasteiger partial charge in [0.2, 0.25) is 0 Å². The molecule has 0 bridgehead atoms. The summed E-state index contributed by atoms with van der Waals surface area (Å²) >= 11 is 0. The SMILES string of the molecule is COC(=O)CC(B1OC(C)(C)C(C)(C)O1)c1ccc(C(=O)OC(C)(C)C)cc1. The third-order valence-electron chi connectivity index (χ3n) is 5.19. The van der Waals surface area contributed by atoms with Gasteiger partial charge < -0.3 is 18.8 Å². The fraction of sp³-hybridized carbons (Fsp3) is 0.619. The summed E-state index contributed by atoms with van der Waals surface area (Å²) in [5, 5.41) is 0. The summed E-state index contributed by atoms with van der Waals surface area (Å²) in [5.41, 5.74) is -0.308. The van der Waals surface area contributed by atoms with E-state index in [2.05, 4.69) is 0 Å². The molecule has 28 heavy (non-hydrogen) atoms.